The number of hydrogen-bond acceptors (Lipinski definition) is 6. The van der Waals surface area contributed by atoms with Crippen LogP contribution in [0, 0.1) is 0 Å². The van der Waals surface area contributed by atoms with E-state index in [0.717, 1.165) is 14.6 Å². The number of aromatic nitrogens is 1. The second kappa shape index (κ2) is 9.01. The number of carbonyl (C=O) groups excluding carboxylic acids is 2. The molecular weight excluding hydrogens is 380 g/mol. The highest BCUT2D eigenvalue weighted by molar-refractivity contribution is 8.02. The standard InChI is InChI=1S/C20H20N2O3S2/c1-3-16(26-20-22-15-7-5-6-8-17(15)27-20)18(23)21-14-11-9-13(10-12-14)19(24)25-4-2/h5-12,16H,3-4H2,1-2H3,(H,21,23). The third-order valence-electron chi connectivity index (χ3n) is 3.84. The van der Waals surface area contributed by atoms with Crippen LogP contribution in [0.2, 0.25) is 0 Å². The fraction of sp³-hybridized carbons (Fsp3) is 0.250. The van der Waals surface area contributed by atoms with E-state index in [1.807, 2.05) is 31.2 Å². The quantitative estimate of drug-likeness (QED) is 0.447. The molecule has 0 saturated heterocycles. The number of anilines is 1. The molecule has 0 aliphatic heterocycles. The molecule has 0 aliphatic carbocycles. The van der Waals surface area contributed by atoms with Gasteiger partial charge in [-0.3, -0.25) is 4.79 Å². The Morgan fingerprint density at radius 3 is 2.56 bits per heavy atom. The van der Waals surface area contributed by atoms with E-state index in [9.17, 15) is 9.59 Å². The molecule has 2 aromatic carbocycles. The van der Waals surface area contributed by atoms with E-state index < -0.39 is 0 Å². The summed E-state index contributed by atoms with van der Waals surface area (Å²) in [6, 6.07) is 14.7. The predicted molar refractivity (Wildman–Crippen MR) is 111 cm³/mol. The van der Waals surface area contributed by atoms with Gasteiger partial charge in [0.05, 0.1) is 27.6 Å². The van der Waals surface area contributed by atoms with Gasteiger partial charge < -0.3 is 10.1 Å². The van der Waals surface area contributed by atoms with Crippen LogP contribution in [0.25, 0.3) is 10.2 Å². The number of nitrogens with one attached hydrogen (secondary N) is 1. The molecular formula is C20H20N2O3S2. The Hall–Kier alpha value is -2.38. The number of fused-ring (bicyclic) bond motifs is 1. The van der Waals surface area contributed by atoms with Gasteiger partial charge >= 0.3 is 5.97 Å². The lowest BCUT2D eigenvalue weighted by atomic mass is 10.2. The molecule has 1 heterocycles. The fourth-order valence-electron chi connectivity index (χ4n) is 2.47. The van der Waals surface area contributed by atoms with Crippen molar-refractivity contribution in [1.82, 2.24) is 4.98 Å². The zero-order chi connectivity index (χ0) is 19.2. The monoisotopic (exact) mass is 400 g/mol. The molecule has 1 unspecified atom stereocenters. The van der Waals surface area contributed by atoms with Crippen LogP contribution in [0.4, 0.5) is 5.69 Å². The summed E-state index contributed by atoms with van der Waals surface area (Å²) in [6.07, 6.45) is 0.688. The number of thioether (sulfide) groups is 1. The number of ether oxygens (including phenoxy) is 1. The van der Waals surface area contributed by atoms with Crippen molar-refractivity contribution in [1.29, 1.82) is 0 Å². The highest BCUT2D eigenvalue weighted by atomic mass is 32.2. The molecule has 1 atom stereocenters. The van der Waals surface area contributed by atoms with Gasteiger partial charge in [0.25, 0.3) is 0 Å². The molecule has 140 valence electrons. The molecule has 0 spiro atoms. The van der Waals surface area contributed by atoms with E-state index in [1.165, 1.54) is 11.8 Å². The Morgan fingerprint density at radius 1 is 1.15 bits per heavy atom. The lowest BCUT2D eigenvalue weighted by Gasteiger charge is -2.13. The minimum absolute atomic E-state index is 0.0781. The fourth-order valence-corrected chi connectivity index (χ4v) is 4.71. The summed E-state index contributed by atoms with van der Waals surface area (Å²) in [7, 11) is 0. The minimum Gasteiger partial charge on any atom is -0.462 e. The summed E-state index contributed by atoms with van der Waals surface area (Å²) >= 11 is 3.07. The molecule has 3 rings (SSSR count). The van der Waals surface area contributed by atoms with Gasteiger partial charge in [0, 0.05) is 5.69 Å². The van der Waals surface area contributed by atoms with Crippen LogP contribution in [0.1, 0.15) is 30.6 Å². The van der Waals surface area contributed by atoms with Gasteiger partial charge in [-0.2, -0.15) is 0 Å². The molecule has 1 amide bonds. The van der Waals surface area contributed by atoms with Crippen LogP contribution >= 0.6 is 23.1 Å². The Bertz CT molecular complexity index is 905. The van der Waals surface area contributed by atoms with Crippen molar-refractivity contribution < 1.29 is 14.3 Å². The van der Waals surface area contributed by atoms with Crippen LogP contribution in [-0.4, -0.2) is 28.7 Å². The van der Waals surface area contributed by atoms with Crippen molar-refractivity contribution in [3.05, 3.63) is 54.1 Å². The van der Waals surface area contributed by atoms with Gasteiger partial charge in [-0.15, -0.1) is 11.3 Å². The van der Waals surface area contributed by atoms with Crippen molar-refractivity contribution >= 4 is 50.9 Å². The zero-order valence-corrected chi connectivity index (χ0v) is 16.7. The molecule has 5 nitrogen and oxygen atoms in total. The highest BCUT2D eigenvalue weighted by Gasteiger charge is 2.20. The Morgan fingerprint density at radius 2 is 1.89 bits per heavy atom. The molecule has 7 heteroatoms. The van der Waals surface area contributed by atoms with Gasteiger partial charge in [-0.25, -0.2) is 9.78 Å². The molecule has 27 heavy (non-hydrogen) atoms. The van der Waals surface area contributed by atoms with E-state index in [-0.39, 0.29) is 17.1 Å². The average Bonchev–Trinajstić information content (AvgIpc) is 3.09. The van der Waals surface area contributed by atoms with Gasteiger partial charge in [-0.1, -0.05) is 30.8 Å². The third kappa shape index (κ3) is 4.87. The molecule has 0 aliphatic rings. The first-order valence-corrected chi connectivity index (χ1v) is 10.4. The summed E-state index contributed by atoms with van der Waals surface area (Å²) in [5.41, 5.74) is 2.07. The topological polar surface area (TPSA) is 68.3 Å². The first kappa shape index (κ1) is 19.4. The molecule has 0 bridgehead atoms. The molecule has 1 N–H and O–H groups in total. The SMILES string of the molecule is CCOC(=O)c1ccc(NC(=O)C(CC)Sc2nc3ccccc3s2)cc1. The Kier molecular flexibility index (Phi) is 6.47. The van der Waals surface area contributed by atoms with E-state index >= 15 is 0 Å². The second-order valence-corrected chi connectivity index (χ2v) is 8.23. The normalized spacial score (nSPS) is 11.9. The van der Waals surface area contributed by atoms with Crippen LogP contribution in [0.3, 0.4) is 0 Å². The van der Waals surface area contributed by atoms with E-state index in [1.54, 1.807) is 42.5 Å². The highest BCUT2D eigenvalue weighted by Crippen LogP contribution is 2.33. The zero-order valence-electron chi connectivity index (χ0n) is 15.1. The number of esters is 1. The van der Waals surface area contributed by atoms with Crippen LogP contribution < -0.4 is 5.32 Å². The lowest BCUT2D eigenvalue weighted by Crippen LogP contribution is -2.24. The minimum atomic E-state index is -0.367. The van der Waals surface area contributed by atoms with Crippen molar-refractivity contribution in [2.45, 2.75) is 29.9 Å². The smallest absolute Gasteiger partial charge is 0.338 e. The van der Waals surface area contributed by atoms with Crippen molar-refractivity contribution in [3.63, 3.8) is 0 Å². The summed E-state index contributed by atoms with van der Waals surface area (Å²) < 4.78 is 6.96. The molecule has 0 saturated carbocycles. The largest absolute Gasteiger partial charge is 0.462 e. The first-order valence-electron chi connectivity index (χ1n) is 8.71. The summed E-state index contributed by atoms with van der Waals surface area (Å²) in [5.74, 6) is -0.446. The maximum Gasteiger partial charge on any atom is 0.338 e. The number of rotatable bonds is 7. The van der Waals surface area contributed by atoms with E-state index in [0.29, 0.717) is 24.3 Å². The van der Waals surface area contributed by atoms with E-state index in [4.69, 9.17) is 4.74 Å². The predicted octanol–water partition coefficient (Wildman–Crippen LogP) is 4.98. The van der Waals surface area contributed by atoms with Crippen LogP contribution in [0.15, 0.2) is 52.9 Å². The second-order valence-electron chi connectivity index (χ2n) is 5.75. The summed E-state index contributed by atoms with van der Waals surface area (Å²) in [4.78, 5) is 28.9. The summed E-state index contributed by atoms with van der Waals surface area (Å²) in [6.45, 7) is 4.08. The number of amides is 1. The maximum atomic E-state index is 12.6. The number of carbonyl (C=O) groups is 2. The number of para-hydroxylation sites is 1. The molecule has 0 fully saturated rings. The number of benzene rings is 2. The van der Waals surface area contributed by atoms with Crippen LogP contribution in [0.5, 0.6) is 0 Å². The van der Waals surface area contributed by atoms with Crippen molar-refractivity contribution in [2.75, 3.05) is 11.9 Å². The van der Waals surface area contributed by atoms with Crippen LogP contribution in [-0.2, 0) is 9.53 Å². The van der Waals surface area contributed by atoms with E-state index in [2.05, 4.69) is 10.3 Å². The van der Waals surface area contributed by atoms with Crippen molar-refractivity contribution in [2.24, 2.45) is 0 Å². The number of thiazole rings is 1. The van der Waals surface area contributed by atoms with Gasteiger partial charge in [0.15, 0.2) is 4.34 Å². The molecule has 1 aromatic heterocycles. The lowest BCUT2D eigenvalue weighted by molar-refractivity contribution is -0.115. The molecule has 0 radical (unpaired) electrons. The summed E-state index contributed by atoms with van der Waals surface area (Å²) in [5, 5.41) is 2.67. The van der Waals surface area contributed by atoms with Gasteiger partial charge in [0.1, 0.15) is 0 Å². The average molecular weight is 401 g/mol. The number of nitrogens with zero attached hydrogens (tertiary/aromatic N) is 1. The van der Waals surface area contributed by atoms with Gasteiger partial charge in [-0.05, 0) is 49.7 Å². The maximum absolute atomic E-state index is 12.6. The first-order chi connectivity index (χ1) is 13.1. The number of hydrogen-bond donors (Lipinski definition) is 1. The Labute approximate surface area is 166 Å². The van der Waals surface area contributed by atoms with Crippen molar-refractivity contribution in [3.8, 4) is 0 Å². The Balaban J connectivity index is 1.65. The molecule has 3 aromatic rings. The van der Waals surface area contributed by atoms with Gasteiger partial charge in [0.2, 0.25) is 5.91 Å². The third-order valence-corrected chi connectivity index (χ3v) is 6.34.